The molecule has 0 bridgehead atoms. The number of aromatic nitrogens is 1. The summed E-state index contributed by atoms with van der Waals surface area (Å²) < 4.78 is 28.1. The minimum absolute atomic E-state index is 0. The molecule has 2 aromatic rings. The summed E-state index contributed by atoms with van der Waals surface area (Å²) in [5.41, 5.74) is 0.128. The third-order valence-corrected chi connectivity index (χ3v) is 6.50. The second-order valence-corrected chi connectivity index (χ2v) is 10.4. The molecule has 0 amide bonds. The Labute approximate surface area is 194 Å². The molecule has 3 N–H and O–H groups in total. The van der Waals surface area contributed by atoms with E-state index in [0.717, 1.165) is 11.4 Å². The highest BCUT2D eigenvalue weighted by atomic mass is 127. The molecule has 2 rings (SSSR count). The van der Waals surface area contributed by atoms with Crippen LogP contribution in [0.3, 0.4) is 0 Å². The van der Waals surface area contributed by atoms with E-state index in [1.165, 1.54) is 4.88 Å². The molecule has 1 aromatic heterocycles. The Balaban J connectivity index is 0.00000420. The number of aliphatic imine (C=N–C) groups is 1. The molecule has 10 heteroatoms. The standard InChI is InChI=1S/C19H29N5O2S2.HI/c1-14-12-22-17(27-14)10-11-21-18(20-5)23-13-15-8-6-7-9-16(15)28(25,26)24-19(2,3)4;/h6-9,12,24H,10-11,13H2,1-5H3,(H2,20,21,23);1H. The SMILES string of the molecule is CN=C(NCCc1ncc(C)s1)NCc1ccccc1S(=O)(=O)NC(C)(C)C.I. The maximum Gasteiger partial charge on any atom is 0.241 e. The predicted molar refractivity (Wildman–Crippen MR) is 131 cm³/mol. The van der Waals surface area contributed by atoms with Gasteiger partial charge in [-0.2, -0.15) is 0 Å². The summed E-state index contributed by atoms with van der Waals surface area (Å²) in [5.74, 6) is 0.615. The Kier molecular flexibility index (Phi) is 9.99. The summed E-state index contributed by atoms with van der Waals surface area (Å²) in [4.78, 5) is 10.0. The van der Waals surface area contributed by atoms with Crippen LogP contribution < -0.4 is 15.4 Å². The van der Waals surface area contributed by atoms with Crippen molar-refractivity contribution in [3.8, 4) is 0 Å². The van der Waals surface area contributed by atoms with E-state index in [2.05, 4.69) is 25.3 Å². The molecule has 0 aliphatic carbocycles. The van der Waals surface area contributed by atoms with Crippen molar-refractivity contribution in [1.82, 2.24) is 20.3 Å². The van der Waals surface area contributed by atoms with Crippen molar-refractivity contribution in [1.29, 1.82) is 0 Å². The fraction of sp³-hybridized carbons (Fsp3) is 0.474. The highest BCUT2D eigenvalue weighted by Crippen LogP contribution is 2.17. The number of thiazole rings is 1. The third-order valence-electron chi connectivity index (χ3n) is 3.67. The topological polar surface area (TPSA) is 95.5 Å². The molecule has 0 fully saturated rings. The van der Waals surface area contributed by atoms with Crippen molar-refractivity contribution >= 4 is 51.3 Å². The van der Waals surface area contributed by atoms with E-state index in [0.29, 0.717) is 24.6 Å². The lowest BCUT2D eigenvalue weighted by molar-refractivity contribution is 0.491. The number of nitrogens with one attached hydrogen (secondary N) is 3. The molecule has 1 heterocycles. The summed E-state index contributed by atoms with van der Waals surface area (Å²) in [7, 11) is -1.92. The van der Waals surface area contributed by atoms with Gasteiger partial charge in [-0.3, -0.25) is 4.99 Å². The molecule has 1 aromatic carbocycles. The van der Waals surface area contributed by atoms with E-state index >= 15 is 0 Å². The third kappa shape index (κ3) is 8.57. The summed E-state index contributed by atoms with van der Waals surface area (Å²) in [5, 5.41) is 7.49. The van der Waals surface area contributed by atoms with Crippen LogP contribution in [0.2, 0.25) is 0 Å². The highest BCUT2D eigenvalue weighted by Gasteiger charge is 2.24. The number of nitrogens with zero attached hydrogens (tertiary/aromatic N) is 2. The molecule has 0 aliphatic heterocycles. The van der Waals surface area contributed by atoms with Crippen molar-refractivity contribution in [3.63, 3.8) is 0 Å². The maximum atomic E-state index is 12.7. The van der Waals surface area contributed by atoms with Crippen LogP contribution >= 0.6 is 35.3 Å². The van der Waals surface area contributed by atoms with E-state index in [1.54, 1.807) is 36.6 Å². The van der Waals surface area contributed by atoms with Gasteiger partial charge in [0.1, 0.15) is 0 Å². The number of rotatable bonds is 7. The quantitative estimate of drug-likeness (QED) is 0.280. The first kappa shape index (κ1) is 25.8. The van der Waals surface area contributed by atoms with Gasteiger partial charge in [0, 0.05) is 43.2 Å². The van der Waals surface area contributed by atoms with Gasteiger partial charge in [-0.25, -0.2) is 18.1 Å². The fourth-order valence-electron chi connectivity index (χ4n) is 2.57. The summed E-state index contributed by atoms with van der Waals surface area (Å²) in [6.07, 6.45) is 2.68. The van der Waals surface area contributed by atoms with E-state index in [9.17, 15) is 8.42 Å². The van der Waals surface area contributed by atoms with E-state index in [-0.39, 0.29) is 28.9 Å². The zero-order valence-corrected chi connectivity index (χ0v) is 21.4. The summed E-state index contributed by atoms with van der Waals surface area (Å²) in [6.45, 7) is 8.54. The molecule has 0 radical (unpaired) electrons. The second kappa shape index (κ2) is 11.2. The Hall–Kier alpha value is -1.24. The molecule has 0 aliphatic rings. The van der Waals surface area contributed by atoms with Crippen molar-refractivity contribution in [2.75, 3.05) is 13.6 Å². The van der Waals surface area contributed by atoms with Crippen molar-refractivity contribution < 1.29 is 8.42 Å². The fourth-order valence-corrected chi connectivity index (χ4v) is 5.02. The Bertz CT molecular complexity index is 921. The van der Waals surface area contributed by atoms with Crippen LogP contribution in [0.1, 0.15) is 36.2 Å². The summed E-state index contributed by atoms with van der Waals surface area (Å²) in [6, 6.07) is 6.97. The number of aryl methyl sites for hydroxylation is 1. The summed E-state index contributed by atoms with van der Waals surface area (Å²) >= 11 is 1.68. The van der Waals surface area contributed by atoms with Gasteiger partial charge >= 0.3 is 0 Å². The number of halogens is 1. The maximum absolute atomic E-state index is 12.7. The Morgan fingerprint density at radius 2 is 1.90 bits per heavy atom. The van der Waals surface area contributed by atoms with Crippen LogP contribution in [0.4, 0.5) is 0 Å². The molecule has 0 saturated heterocycles. The first-order valence-electron chi connectivity index (χ1n) is 9.08. The normalized spacial score (nSPS) is 12.4. The van der Waals surface area contributed by atoms with E-state index in [1.807, 2.05) is 40.0 Å². The van der Waals surface area contributed by atoms with Crippen LogP contribution in [0.25, 0.3) is 0 Å². The van der Waals surface area contributed by atoms with Gasteiger partial charge < -0.3 is 10.6 Å². The molecule has 29 heavy (non-hydrogen) atoms. The zero-order chi connectivity index (χ0) is 20.8. The Morgan fingerprint density at radius 3 is 2.48 bits per heavy atom. The van der Waals surface area contributed by atoms with Gasteiger partial charge in [-0.1, -0.05) is 18.2 Å². The average molecular weight is 552 g/mol. The molecule has 7 nitrogen and oxygen atoms in total. The van der Waals surface area contributed by atoms with Crippen molar-refractivity contribution in [3.05, 3.63) is 45.9 Å². The monoisotopic (exact) mass is 551 g/mol. The number of benzene rings is 1. The lowest BCUT2D eigenvalue weighted by atomic mass is 10.1. The van der Waals surface area contributed by atoms with E-state index in [4.69, 9.17) is 0 Å². The number of hydrogen-bond donors (Lipinski definition) is 3. The van der Waals surface area contributed by atoms with Gasteiger partial charge in [0.25, 0.3) is 0 Å². The smallest absolute Gasteiger partial charge is 0.241 e. The molecule has 162 valence electrons. The van der Waals surface area contributed by atoms with Gasteiger partial charge in [0.2, 0.25) is 10.0 Å². The van der Waals surface area contributed by atoms with Crippen LogP contribution in [0.5, 0.6) is 0 Å². The largest absolute Gasteiger partial charge is 0.356 e. The molecule has 0 atom stereocenters. The minimum atomic E-state index is -3.61. The van der Waals surface area contributed by atoms with Crippen LogP contribution in [0, 0.1) is 6.92 Å². The van der Waals surface area contributed by atoms with Crippen LogP contribution in [0.15, 0.2) is 40.4 Å². The number of guanidine groups is 1. The first-order chi connectivity index (χ1) is 13.1. The lowest BCUT2D eigenvalue weighted by Crippen LogP contribution is -2.41. The molecular weight excluding hydrogens is 521 g/mol. The zero-order valence-electron chi connectivity index (χ0n) is 17.4. The highest BCUT2D eigenvalue weighted by molar-refractivity contribution is 14.0. The van der Waals surface area contributed by atoms with Crippen molar-refractivity contribution in [2.45, 2.75) is 51.1 Å². The predicted octanol–water partition coefficient (Wildman–Crippen LogP) is 3.05. The molecular formula is C19H30IN5O2S2. The number of sulfonamides is 1. The van der Waals surface area contributed by atoms with Crippen molar-refractivity contribution in [2.24, 2.45) is 4.99 Å². The number of hydrogen-bond acceptors (Lipinski definition) is 5. The van der Waals surface area contributed by atoms with Gasteiger partial charge in [0.05, 0.1) is 9.90 Å². The van der Waals surface area contributed by atoms with Gasteiger partial charge in [-0.15, -0.1) is 35.3 Å². The molecule has 0 spiro atoms. The minimum Gasteiger partial charge on any atom is -0.356 e. The Morgan fingerprint density at radius 1 is 1.21 bits per heavy atom. The lowest BCUT2D eigenvalue weighted by Gasteiger charge is -2.22. The molecule has 0 saturated carbocycles. The van der Waals surface area contributed by atoms with Gasteiger partial charge in [-0.05, 0) is 39.3 Å². The average Bonchev–Trinajstić information content (AvgIpc) is 3.01. The van der Waals surface area contributed by atoms with Crippen LogP contribution in [-0.4, -0.2) is 38.5 Å². The second-order valence-electron chi connectivity index (χ2n) is 7.43. The van der Waals surface area contributed by atoms with Crippen LogP contribution in [-0.2, 0) is 23.0 Å². The van der Waals surface area contributed by atoms with E-state index < -0.39 is 15.6 Å². The first-order valence-corrected chi connectivity index (χ1v) is 11.4. The van der Waals surface area contributed by atoms with Gasteiger partial charge in [0.15, 0.2) is 5.96 Å². The molecule has 0 unspecified atom stereocenters.